The molecular weight excluding hydrogens is 200 g/mol. The highest BCUT2D eigenvalue weighted by Gasteiger charge is 2.28. The first-order valence-electron chi connectivity index (χ1n) is 6.01. The highest BCUT2D eigenvalue weighted by Crippen LogP contribution is 2.24. The van der Waals surface area contributed by atoms with Gasteiger partial charge in [0, 0.05) is 5.92 Å². The van der Waals surface area contributed by atoms with Crippen LogP contribution in [0.2, 0.25) is 0 Å². The number of rotatable bonds is 3. The summed E-state index contributed by atoms with van der Waals surface area (Å²) < 4.78 is 5.49. The average Bonchev–Trinajstić information content (AvgIpc) is 2.68. The van der Waals surface area contributed by atoms with Gasteiger partial charge in [-0.25, -0.2) is 0 Å². The van der Waals surface area contributed by atoms with E-state index in [2.05, 4.69) is 26.0 Å². The molecule has 2 nitrogen and oxygen atoms in total. The van der Waals surface area contributed by atoms with Crippen molar-refractivity contribution < 1.29 is 9.84 Å². The first-order chi connectivity index (χ1) is 7.66. The lowest BCUT2D eigenvalue weighted by Gasteiger charge is -2.17. The Morgan fingerprint density at radius 3 is 2.81 bits per heavy atom. The molecule has 1 aromatic rings. The quantitative estimate of drug-likeness (QED) is 0.847. The molecule has 0 radical (unpaired) electrons. The van der Waals surface area contributed by atoms with Crippen LogP contribution in [0.5, 0.6) is 0 Å². The number of hydrogen-bond acceptors (Lipinski definition) is 2. The van der Waals surface area contributed by atoms with E-state index in [9.17, 15) is 5.11 Å². The van der Waals surface area contributed by atoms with Gasteiger partial charge in [0.05, 0.1) is 18.8 Å². The van der Waals surface area contributed by atoms with E-state index in [1.807, 2.05) is 12.1 Å². The van der Waals surface area contributed by atoms with Gasteiger partial charge >= 0.3 is 0 Å². The molecule has 16 heavy (non-hydrogen) atoms. The Bertz CT molecular complexity index is 348. The molecule has 0 aliphatic carbocycles. The molecule has 2 heteroatoms. The fourth-order valence-corrected chi connectivity index (χ4v) is 2.35. The van der Waals surface area contributed by atoms with Crippen molar-refractivity contribution in [1.82, 2.24) is 0 Å². The van der Waals surface area contributed by atoms with Crippen molar-refractivity contribution in [2.45, 2.75) is 38.9 Å². The SMILES string of the molecule is Cc1ccccc1CC(O)C1COC(C)C1. The highest BCUT2D eigenvalue weighted by molar-refractivity contribution is 5.26. The van der Waals surface area contributed by atoms with Crippen molar-refractivity contribution in [3.05, 3.63) is 35.4 Å². The van der Waals surface area contributed by atoms with Crippen LogP contribution in [0.15, 0.2) is 24.3 Å². The van der Waals surface area contributed by atoms with Gasteiger partial charge in [-0.15, -0.1) is 0 Å². The van der Waals surface area contributed by atoms with Gasteiger partial charge in [-0.2, -0.15) is 0 Å². The van der Waals surface area contributed by atoms with Crippen LogP contribution in [0.3, 0.4) is 0 Å². The highest BCUT2D eigenvalue weighted by atomic mass is 16.5. The minimum Gasteiger partial charge on any atom is -0.392 e. The lowest BCUT2D eigenvalue weighted by molar-refractivity contribution is 0.0806. The van der Waals surface area contributed by atoms with Gasteiger partial charge in [0.1, 0.15) is 0 Å². The molecule has 3 atom stereocenters. The maximum atomic E-state index is 10.2. The van der Waals surface area contributed by atoms with E-state index in [4.69, 9.17) is 4.74 Å². The summed E-state index contributed by atoms with van der Waals surface area (Å²) in [5, 5.41) is 10.2. The second kappa shape index (κ2) is 4.98. The maximum absolute atomic E-state index is 10.2. The van der Waals surface area contributed by atoms with Gasteiger partial charge in [0.2, 0.25) is 0 Å². The lowest BCUT2D eigenvalue weighted by atomic mass is 9.92. The van der Waals surface area contributed by atoms with Crippen LogP contribution < -0.4 is 0 Å². The van der Waals surface area contributed by atoms with Crippen molar-refractivity contribution in [1.29, 1.82) is 0 Å². The zero-order chi connectivity index (χ0) is 11.5. The Balaban J connectivity index is 1.97. The molecule has 1 aliphatic rings. The molecule has 3 unspecified atom stereocenters. The van der Waals surface area contributed by atoms with E-state index in [-0.39, 0.29) is 6.10 Å². The summed E-state index contributed by atoms with van der Waals surface area (Å²) in [5.41, 5.74) is 2.50. The number of ether oxygens (including phenoxy) is 1. The van der Waals surface area contributed by atoms with Gasteiger partial charge < -0.3 is 9.84 Å². The summed E-state index contributed by atoms with van der Waals surface area (Å²) in [4.78, 5) is 0. The van der Waals surface area contributed by atoms with E-state index in [0.29, 0.717) is 18.6 Å². The van der Waals surface area contributed by atoms with Crippen LogP contribution in [0.4, 0.5) is 0 Å². The van der Waals surface area contributed by atoms with Crippen LogP contribution >= 0.6 is 0 Å². The Morgan fingerprint density at radius 2 is 2.19 bits per heavy atom. The monoisotopic (exact) mass is 220 g/mol. The fourth-order valence-electron chi connectivity index (χ4n) is 2.35. The molecular formula is C14H20O2. The minimum atomic E-state index is -0.272. The second-order valence-electron chi connectivity index (χ2n) is 4.84. The predicted molar refractivity (Wildman–Crippen MR) is 64.4 cm³/mol. The standard InChI is InChI=1S/C14H20O2/c1-10-5-3-4-6-12(10)8-14(15)13-7-11(2)16-9-13/h3-6,11,13-15H,7-9H2,1-2H3. The smallest absolute Gasteiger partial charge is 0.0631 e. The maximum Gasteiger partial charge on any atom is 0.0631 e. The molecule has 1 N–H and O–H groups in total. The van der Waals surface area contributed by atoms with Gasteiger partial charge in [-0.05, 0) is 37.8 Å². The Hall–Kier alpha value is -0.860. The number of benzene rings is 1. The third-order valence-corrected chi connectivity index (χ3v) is 3.46. The minimum absolute atomic E-state index is 0.272. The number of aryl methyl sites for hydroxylation is 1. The Kier molecular flexibility index (Phi) is 3.62. The average molecular weight is 220 g/mol. The number of hydrogen-bond donors (Lipinski definition) is 1. The van der Waals surface area contributed by atoms with E-state index in [1.54, 1.807) is 0 Å². The summed E-state index contributed by atoms with van der Waals surface area (Å²) in [6.07, 6.45) is 1.75. The van der Waals surface area contributed by atoms with Crippen LogP contribution in [-0.4, -0.2) is 23.9 Å². The van der Waals surface area contributed by atoms with Crippen molar-refractivity contribution in [2.75, 3.05) is 6.61 Å². The molecule has 2 rings (SSSR count). The van der Waals surface area contributed by atoms with E-state index in [1.165, 1.54) is 11.1 Å². The zero-order valence-corrected chi connectivity index (χ0v) is 10.0. The molecule has 0 saturated carbocycles. The zero-order valence-electron chi connectivity index (χ0n) is 10.0. The molecule has 0 aromatic heterocycles. The van der Waals surface area contributed by atoms with Crippen molar-refractivity contribution >= 4 is 0 Å². The van der Waals surface area contributed by atoms with Crippen LogP contribution in [0.1, 0.15) is 24.5 Å². The van der Waals surface area contributed by atoms with Crippen LogP contribution in [-0.2, 0) is 11.2 Å². The number of aliphatic hydroxyl groups is 1. The summed E-state index contributed by atoms with van der Waals surface area (Å²) in [7, 11) is 0. The molecule has 0 amide bonds. The molecule has 88 valence electrons. The molecule has 1 aliphatic heterocycles. The molecule has 0 bridgehead atoms. The van der Waals surface area contributed by atoms with Crippen LogP contribution in [0.25, 0.3) is 0 Å². The molecule has 1 heterocycles. The summed E-state index contributed by atoms with van der Waals surface area (Å²) >= 11 is 0. The van der Waals surface area contributed by atoms with Gasteiger partial charge in [0.15, 0.2) is 0 Å². The lowest BCUT2D eigenvalue weighted by Crippen LogP contribution is -2.23. The van der Waals surface area contributed by atoms with Gasteiger partial charge in [0.25, 0.3) is 0 Å². The van der Waals surface area contributed by atoms with Crippen molar-refractivity contribution in [3.63, 3.8) is 0 Å². The van der Waals surface area contributed by atoms with Crippen molar-refractivity contribution in [2.24, 2.45) is 5.92 Å². The number of aliphatic hydroxyl groups excluding tert-OH is 1. The molecule has 1 saturated heterocycles. The summed E-state index contributed by atoms with van der Waals surface area (Å²) in [5.74, 6) is 0.301. The van der Waals surface area contributed by atoms with Crippen LogP contribution in [0, 0.1) is 12.8 Å². The topological polar surface area (TPSA) is 29.5 Å². The third-order valence-electron chi connectivity index (χ3n) is 3.46. The first kappa shape index (κ1) is 11.6. The van der Waals surface area contributed by atoms with Crippen molar-refractivity contribution in [3.8, 4) is 0 Å². The summed E-state index contributed by atoms with van der Waals surface area (Å²) in [6.45, 7) is 4.87. The van der Waals surface area contributed by atoms with E-state index in [0.717, 1.165) is 12.8 Å². The summed E-state index contributed by atoms with van der Waals surface area (Å²) in [6, 6.07) is 8.25. The Morgan fingerprint density at radius 1 is 1.44 bits per heavy atom. The van der Waals surface area contributed by atoms with Gasteiger partial charge in [-0.3, -0.25) is 0 Å². The first-order valence-corrected chi connectivity index (χ1v) is 6.01. The second-order valence-corrected chi connectivity index (χ2v) is 4.84. The third kappa shape index (κ3) is 2.63. The Labute approximate surface area is 97.3 Å². The molecule has 0 spiro atoms. The molecule has 1 fully saturated rings. The largest absolute Gasteiger partial charge is 0.392 e. The van der Waals surface area contributed by atoms with Gasteiger partial charge in [-0.1, -0.05) is 24.3 Å². The predicted octanol–water partition coefficient (Wildman–Crippen LogP) is 2.32. The van der Waals surface area contributed by atoms with E-state index >= 15 is 0 Å². The van der Waals surface area contributed by atoms with E-state index < -0.39 is 0 Å². The molecule has 1 aromatic carbocycles. The normalized spacial score (nSPS) is 26.9. The fraction of sp³-hybridized carbons (Fsp3) is 0.571.